The minimum absolute atomic E-state index is 0.0212. The molecule has 1 aromatic carbocycles. The van der Waals surface area contributed by atoms with Crippen LogP contribution >= 0.6 is 0 Å². The van der Waals surface area contributed by atoms with Crippen LogP contribution in [0.5, 0.6) is 5.75 Å². The summed E-state index contributed by atoms with van der Waals surface area (Å²) in [6.07, 6.45) is 4.62. The molecule has 3 atom stereocenters. The predicted octanol–water partition coefficient (Wildman–Crippen LogP) is 4.09. The fraction of sp³-hybridized carbons (Fsp3) is 0.588. The third kappa shape index (κ3) is 1.80. The summed E-state index contributed by atoms with van der Waals surface area (Å²) in [5, 5.41) is 0. The summed E-state index contributed by atoms with van der Waals surface area (Å²) in [5.74, 6) is 2.32. The van der Waals surface area contributed by atoms with E-state index in [1.54, 1.807) is 0 Å². The van der Waals surface area contributed by atoms with Gasteiger partial charge >= 0.3 is 0 Å². The van der Waals surface area contributed by atoms with Crippen LogP contribution < -0.4 is 4.74 Å². The molecule has 3 rings (SSSR count). The molecule has 0 radical (unpaired) electrons. The van der Waals surface area contributed by atoms with Crippen molar-refractivity contribution in [2.24, 2.45) is 17.3 Å². The van der Waals surface area contributed by atoms with E-state index in [0.29, 0.717) is 11.5 Å². The second kappa shape index (κ2) is 4.09. The Hall–Kier alpha value is -1.31. The fourth-order valence-electron chi connectivity index (χ4n) is 4.06. The number of fused-ring (bicyclic) bond motifs is 1. The van der Waals surface area contributed by atoms with E-state index in [2.05, 4.69) is 20.8 Å². The van der Waals surface area contributed by atoms with Crippen LogP contribution in [0.15, 0.2) is 24.3 Å². The van der Waals surface area contributed by atoms with Crippen molar-refractivity contribution in [2.45, 2.75) is 45.6 Å². The predicted molar refractivity (Wildman–Crippen MR) is 75.5 cm³/mol. The first-order chi connectivity index (χ1) is 8.99. The number of carbonyl (C=O) groups is 1. The lowest BCUT2D eigenvalue weighted by Gasteiger charge is -2.29. The maximum Gasteiger partial charge on any atom is 0.150 e. The summed E-state index contributed by atoms with van der Waals surface area (Å²) in [6.45, 7) is 6.98. The number of rotatable bonds is 3. The van der Waals surface area contributed by atoms with Gasteiger partial charge in [-0.05, 0) is 43.0 Å². The molecule has 3 unspecified atom stereocenters. The van der Waals surface area contributed by atoms with E-state index in [4.69, 9.17) is 4.74 Å². The fourth-order valence-corrected chi connectivity index (χ4v) is 4.06. The molecule has 0 spiro atoms. The van der Waals surface area contributed by atoms with Crippen molar-refractivity contribution < 1.29 is 9.53 Å². The summed E-state index contributed by atoms with van der Waals surface area (Å²) in [5.41, 5.74) is 1.00. The molecule has 2 nitrogen and oxygen atoms in total. The molecule has 19 heavy (non-hydrogen) atoms. The van der Waals surface area contributed by atoms with Gasteiger partial charge in [0.15, 0.2) is 0 Å². The highest BCUT2D eigenvalue weighted by atomic mass is 16.5. The van der Waals surface area contributed by atoms with Gasteiger partial charge < -0.3 is 4.74 Å². The average Bonchev–Trinajstić information content (AvgIpc) is 2.85. The lowest BCUT2D eigenvalue weighted by atomic mass is 9.88. The molecule has 0 heterocycles. The van der Waals surface area contributed by atoms with Gasteiger partial charge in [0.25, 0.3) is 0 Å². The minimum atomic E-state index is 0.0212. The third-order valence-electron chi connectivity index (χ3n) is 5.36. The van der Waals surface area contributed by atoms with Gasteiger partial charge in [0.2, 0.25) is 0 Å². The molecule has 1 aromatic rings. The molecular formula is C17H22O2. The molecule has 2 aliphatic rings. The highest BCUT2D eigenvalue weighted by Gasteiger charge is 2.74. The molecule has 2 saturated carbocycles. The van der Waals surface area contributed by atoms with E-state index in [-0.39, 0.29) is 11.0 Å². The zero-order valence-corrected chi connectivity index (χ0v) is 12.0. The maximum atomic E-state index is 10.7. The summed E-state index contributed by atoms with van der Waals surface area (Å²) < 4.78 is 6.39. The molecule has 2 aliphatic carbocycles. The van der Waals surface area contributed by atoms with E-state index >= 15 is 0 Å². The Morgan fingerprint density at radius 2 is 1.89 bits per heavy atom. The SMILES string of the molecule is CC1CCC2C(C)(C)C2(Oc2ccc(C=O)cc2)C1. The zero-order valence-electron chi connectivity index (χ0n) is 12.0. The van der Waals surface area contributed by atoms with E-state index in [9.17, 15) is 4.79 Å². The lowest BCUT2D eigenvalue weighted by molar-refractivity contribution is 0.0847. The molecule has 102 valence electrons. The first-order valence-corrected chi connectivity index (χ1v) is 7.24. The summed E-state index contributed by atoms with van der Waals surface area (Å²) in [4.78, 5) is 10.7. The standard InChI is InChI=1S/C17H22O2/c1-12-4-9-15-16(2,3)17(15,10-12)19-14-7-5-13(11-18)6-8-14/h5-8,11-12,15H,4,9-10H2,1-3H3. The number of aldehydes is 1. The molecule has 2 heteroatoms. The van der Waals surface area contributed by atoms with E-state index in [1.165, 1.54) is 12.8 Å². The van der Waals surface area contributed by atoms with Crippen molar-refractivity contribution in [2.75, 3.05) is 0 Å². The minimum Gasteiger partial charge on any atom is -0.486 e. The Morgan fingerprint density at radius 3 is 2.53 bits per heavy atom. The molecular weight excluding hydrogens is 236 g/mol. The Kier molecular flexibility index (Phi) is 2.74. The second-order valence-corrected chi connectivity index (χ2v) is 6.84. The number of ether oxygens (including phenoxy) is 1. The Labute approximate surface area is 115 Å². The van der Waals surface area contributed by atoms with Gasteiger partial charge in [-0.2, -0.15) is 0 Å². The average molecular weight is 258 g/mol. The van der Waals surface area contributed by atoms with Crippen LogP contribution in [-0.2, 0) is 0 Å². The molecule has 0 aliphatic heterocycles. The smallest absolute Gasteiger partial charge is 0.150 e. The van der Waals surface area contributed by atoms with Gasteiger partial charge in [-0.25, -0.2) is 0 Å². The van der Waals surface area contributed by atoms with Crippen molar-refractivity contribution in [3.63, 3.8) is 0 Å². The van der Waals surface area contributed by atoms with Gasteiger partial charge in [0, 0.05) is 16.9 Å². The van der Waals surface area contributed by atoms with Gasteiger partial charge in [-0.15, -0.1) is 0 Å². The Morgan fingerprint density at radius 1 is 1.21 bits per heavy atom. The third-order valence-corrected chi connectivity index (χ3v) is 5.36. The van der Waals surface area contributed by atoms with Crippen LogP contribution in [0.3, 0.4) is 0 Å². The van der Waals surface area contributed by atoms with Gasteiger partial charge in [-0.3, -0.25) is 4.79 Å². The monoisotopic (exact) mass is 258 g/mol. The van der Waals surface area contributed by atoms with E-state index in [0.717, 1.165) is 24.4 Å². The number of carbonyl (C=O) groups excluding carboxylic acids is 1. The largest absolute Gasteiger partial charge is 0.486 e. The summed E-state index contributed by atoms with van der Waals surface area (Å²) in [7, 11) is 0. The summed E-state index contributed by atoms with van der Waals surface area (Å²) >= 11 is 0. The Balaban J connectivity index is 1.83. The van der Waals surface area contributed by atoms with Crippen molar-refractivity contribution in [1.82, 2.24) is 0 Å². The van der Waals surface area contributed by atoms with E-state index < -0.39 is 0 Å². The summed E-state index contributed by atoms with van der Waals surface area (Å²) in [6, 6.07) is 7.50. The first kappa shape index (κ1) is 12.7. The van der Waals surface area contributed by atoms with Crippen LogP contribution in [0, 0.1) is 17.3 Å². The molecule has 0 bridgehead atoms. The molecule has 2 fully saturated rings. The normalized spacial score (nSPS) is 35.3. The number of benzene rings is 1. The highest BCUT2D eigenvalue weighted by molar-refractivity contribution is 5.74. The van der Waals surface area contributed by atoms with Crippen molar-refractivity contribution >= 4 is 6.29 Å². The van der Waals surface area contributed by atoms with Crippen LogP contribution in [0.4, 0.5) is 0 Å². The lowest BCUT2D eigenvalue weighted by Crippen LogP contribution is -2.30. The quantitative estimate of drug-likeness (QED) is 0.763. The van der Waals surface area contributed by atoms with Crippen LogP contribution in [0.2, 0.25) is 0 Å². The number of hydrogen-bond acceptors (Lipinski definition) is 2. The molecule has 0 amide bonds. The topological polar surface area (TPSA) is 26.3 Å². The molecule has 0 N–H and O–H groups in total. The van der Waals surface area contributed by atoms with Crippen molar-refractivity contribution in [3.8, 4) is 5.75 Å². The first-order valence-electron chi connectivity index (χ1n) is 7.24. The zero-order chi connectivity index (χ0) is 13.7. The van der Waals surface area contributed by atoms with Crippen LogP contribution in [-0.4, -0.2) is 11.9 Å². The highest BCUT2D eigenvalue weighted by Crippen LogP contribution is 2.70. The second-order valence-electron chi connectivity index (χ2n) is 6.84. The van der Waals surface area contributed by atoms with Gasteiger partial charge in [-0.1, -0.05) is 27.2 Å². The van der Waals surface area contributed by atoms with E-state index in [1.807, 2.05) is 24.3 Å². The molecule has 0 aromatic heterocycles. The van der Waals surface area contributed by atoms with Crippen molar-refractivity contribution in [3.05, 3.63) is 29.8 Å². The van der Waals surface area contributed by atoms with Gasteiger partial charge in [0.1, 0.15) is 17.6 Å². The molecule has 0 saturated heterocycles. The van der Waals surface area contributed by atoms with Crippen LogP contribution in [0.25, 0.3) is 0 Å². The Bertz CT molecular complexity index is 488. The van der Waals surface area contributed by atoms with Gasteiger partial charge in [0.05, 0.1) is 0 Å². The maximum absolute atomic E-state index is 10.7. The van der Waals surface area contributed by atoms with Crippen LogP contribution in [0.1, 0.15) is 50.4 Å². The number of hydrogen-bond donors (Lipinski definition) is 0. The van der Waals surface area contributed by atoms with Crippen molar-refractivity contribution in [1.29, 1.82) is 0 Å².